The van der Waals surface area contributed by atoms with Crippen LogP contribution in [-0.4, -0.2) is 9.97 Å². The number of hydrogen-bond donors (Lipinski definition) is 1. The third-order valence-electron chi connectivity index (χ3n) is 1.89. The van der Waals surface area contributed by atoms with Gasteiger partial charge in [-0.05, 0) is 25.3 Å². The van der Waals surface area contributed by atoms with E-state index >= 15 is 0 Å². The monoisotopic (exact) mass is 166 g/mol. The summed E-state index contributed by atoms with van der Waals surface area (Å²) in [5, 5.41) is 0. The van der Waals surface area contributed by atoms with Gasteiger partial charge in [0.25, 0.3) is 0 Å². The van der Waals surface area contributed by atoms with E-state index in [4.69, 9.17) is 0 Å². The average molecular weight is 166 g/mol. The van der Waals surface area contributed by atoms with Crippen LogP contribution in [0, 0.1) is 6.92 Å². The standard InChI is InChI=1S/C9H14N2O/c1-3-4-5-8-7(2)6-10-9(12)11-8/h6H,3-5H2,1-2H3,(H,10,11,12). The van der Waals surface area contributed by atoms with E-state index in [0.29, 0.717) is 0 Å². The number of aromatic nitrogens is 2. The number of unbranched alkanes of at least 4 members (excludes halogenated alkanes) is 1. The lowest BCUT2D eigenvalue weighted by molar-refractivity contribution is 0.761. The van der Waals surface area contributed by atoms with Crippen molar-refractivity contribution in [1.82, 2.24) is 9.97 Å². The van der Waals surface area contributed by atoms with Crippen molar-refractivity contribution >= 4 is 0 Å². The zero-order valence-electron chi connectivity index (χ0n) is 7.55. The minimum absolute atomic E-state index is 0.244. The van der Waals surface area contributed by atoms with Crippen molar-refractivity contribution < 1.29 is 0 Å². The summed E-state index contributed by atoms with van der Waals surface area (Å²) in [6.45, 7) is 4.10. The highest BCUT2D eigenvalue weighted by molar-refractivity contribution is 5.13. The largest absolute Gasteiger partial charge is 0.345 e. The fourth-order valence-corrected chi connectivity index (χ4v) is 1.11. The second kappa shape index (κ2) is 4.04. The van der Waals surface area contributed by atoms with Gasteiger partial charge < -0.3 is 4.98 Å². The number of nitrogens with one attached hydrogen (secondary N) is 1. The molecule has 3 nitrogen and oxygen atoms in total. The van der Waals surface area contributed by atoms with E-state index in [9.17, 15) is 4.79 Å². The van der Waals surface area contributed by atoms with Crippen LogP contribution in [0.2, 0.25) is 0 Å². The van der Waals surface area contributed by atoms with Crippen molar-refractivity contribution in [2.45, 2.75) is 33.1 Å². The zero-order valence-corrected chi connectivity index (χ0v) is 7.55. The van der Waals surface area contributed by atoms with Crippen molar-refractivity contribution in [1.29, 1.82) is 0 Å². The average Bonchev–Trinajstić information content (AvgIpc) is 2.07. The lowest BCUT2D eigenvalue weighted by atomic mass is 10.1. The van der Waals surface area contributed by atoms with E-state index in [2.05, 4.69) is 16.9 Å². The Bertz CT molecular complexity index is 304. The van der Waals surface area contributed by atoms with E-state index in [-0.39, 0.29) is 5.69 Å². The van der Waals surface area contributed by atoms with E-state index in [1.165, 1.54) is 0 Å². The van der Waals surface area contributed by atoms with Crippen LogP contribution in [0.15, 0.2) is 11.0 Å². The summed E-state index contributed by atoms with van der Waals surface area (Å²) in [6.07, 6.45) is 4.83. The van der Waals surface area contributed by atoms with Crippen LogP contribution in [0.25, 0.3) is 0 Å². The van der Waals surface area contributed by atoms with Crippen molar-refractivity contribution in [3.63, 3.8) is 0 Å². The number of hydrogen-bond acceptors (Lipinski definition) is 2. The molecule has 0 amide bonds. The minimum atomic E-state index is -0.244. The first-order chi connectivity index (χ1) is 5.74. The second-order valence-corrected chi connectivity index (χ2v) is 2.95. The quantitative estimate of drug-likeness (QED) is 0.738. The molecule has 1 heterocycles. The fraction of sp³-hybridized carbons (Fsp3) is 0.556. The molecule has 0 aliphatic carbocycles. The summed E-state index contributed by atoms with van der Waals surface area (Å²) < 4.78 is 0. The second-order valence-electron chi connectivity index (χ2n) is 2.95. The highest BCUT2D eigenvalue weighted by atomic mass is 16.1. The predicted molar refractivity (Wildman–Crippen MR) is 48.2 cm³/mol. The normalized spacial score (nSPS) is 10.2. The first-order valence-electron chi connectivity index (χ1n) is 4.29. The highest BCUT2D eigenvalue weighted by Gasteiger charge is 1.98. The van der Waals surface area contributed by atoms with Gasteiger partial charge in [-0.2, -0.15) is 0 Å². The number of nitrogens with zero attached hydrogens (tertiary/aromatic N) is 1. The van der Waals surface area contributed by atoms with Gasteiger partial charge in [-0.15, -0.1) is 0 Å². The van der Waals surface area contributed by atoms with Gasteiger partial charge in [0, 0.05) is 11.9 Å². The van der Waals surface area contributed by atoms with Crippen LogP contribution < -0.4 is 5.69 Å². The van der Waals surface area contributed by atoms with Crippen LogP contribution in [0.4, 0.5) is 0 Å². The Balaban J connectivity index is 2.82. The minimum Gasteiger partial charge on any atom is -0.310 e. The first kappa shape index (κ1) is 8.97. The van der Waals surface area contributed by atoms with Crippen LogP contribution in [0.5, 0.6) is 0 Å². The van der Waals surface area contributed by atoms with Crippen LogP contribution in [0.1, 0.15) is 31.0 Å². The van der Waals surface area contributed by atoms with Crippen molar-refractivity contribution in [3.05, 3.63) is 27.9 Å². The maximum atomic E-state index is 10.8. The van der Waals surface area contributed by atoms with E-state index in [1.807, 2.05) is 6.92 Å². The molecule has 0 spiro atoms. The van der Waals surface area contributed by atoms with Crippen LogP contribution >= 0.6 is 0 Å². The van der Waals surface area contributed by atoms with Crippen LogP contribution in [-0.2, 0) is 6.42 Å². The molecule has 66 valence electrons. The van der Waals surface area contributed by atoms with Crippen molar-refractivity contribution in [2.24, 2.45) is 0 Å². The van der Waals surface area contributed by atoms with Gasteiger partial charge in [-0.25, -0.2) is 9.78 Å². The summed E-state index contributed by atoms with van der Waals surface area (Å²) >= 11 is 0. The molecule has 0 aromatic carbocycles. The van der Waals surface area contributed by atoms with E-state index in [1.54, 1.807) is 6.20 Å². The topological polar surface area (TPSA) is 45.8 Å². The summed E-state index contributed by atoms with van der Waals surface area (Å²) in [5.74, 6) is 0. The molecule has 12 heavy (non-hydrogen) atoms. The Labute approximate surface area is 71.9 Å². The molecule has 0 aliphatic rings. The molecule has 0 saturated heterocycles. The molecular formula is C9H14N2O. The maximum Gasteiger partial charge on any atom is 0.345 e. The third-order valence-corrected chi connectivity index (χ3v) is 1.89. The molecule has 0 atom stereocenters. The maximum absolute atomic E-state index is 10.8. The molecule has 0 fully saturated rings. The molecule has 0 radical (unpaired) electrons. The predicted octanol–water partition coefficient (Wildman–Crippen LogP) is 1.42. The first-order valence-corrected chi connectivity index (χ1v) is 4.29. The van der Waals surface area contributed by atoms with Crippen molar-refractivity contribution in [3.8, 4) is 0 Å². The summed E-state index contributed by atoms with van der Waals surface area (Å²) in [5.41, 5.74) is 1.85. The summed E-state index contributed by atoms with van der Waals surface area (Å²) in [7, 11) is 0. The van der Waals surface area contributed by atoms with Gasteiger partial charge in [0.05, 0.1) is 0 Å². The van der Waals surface area contributed by atoms with Gasteiger partial charge in [-0.3, -0.25) is 0 Å². The molecule has 0 saturated carbocycles. The number of aromatic amines is 1. The molecular weight excluding hydrogens is 152 g/mol. The third kappa shape index (κ3) is 2.19. The molecule has 0 aliphatic heterocycles. The van der Waals surface area contributed by atoms with E-state index in [0.717, 1.165) is 30.5 Å². The van der Waals surface area contributed by atoms with Gasteiger partial charge in [0.15, 0.2) is 0 Å². The number of aryl methyl sites for hydroxylation is 2. The molecule has 0 unspecified atom stereocenters. The van der Waals surface area contributed by atoms with Gasteiger partial charge in [-0.1, -0.05) is 13.3 Å². The molecule has 1 rings (SSSR count). The Morgan fingerprint density at radius 2 is 2.33 bits per heavy atom. The van der Waals surface area contributed by atoms with Crippen molar-refractivity contribution in [2.75, 3.05) is 0 Å². The summed E-state index contributed by atoms with van der Waals surface area (Å²) in [6, 6.07) is 0. The van der Waals surface area contributed by atoms with E-state index < -0.39 is 0 Å². The molecule has 3 heteroatoms. The van der Waals surface area contributed by atoms with Gasteiger partial charge in [0.2, 0.25) is 0 Å². The van der Waals surface area contributed by atoms with Gasteiger partial charge in [0.1, 0.15) is 0 Å². The molecule has 0 bridgehead atoms. The highest BCUT2D eigenvalue weighted by Crippen LogP contribution is 2.03. The SMILES string of the molecule is CCCCc1[nH]c(=O)ncc1C. The smallest absolute Gasteiger partial charge is 0.310 e. The zero-order chi connectivity index (χ0) is 8.97. The Kier molecular flexibility index (Phi) is 3.02. The number of rotatable bonds is 3. The van der Waals surface area contributed by atoms with Gasteiger partial charge >= 0.3 is 5.69 Å². The Hall–Kier alpha value is -1.12. The molecule has 1 aromatic heterocycles. The lowest BCUT2D eigenvalue weighted by Gasteiger charge is -2.01. The lowest BCUT2D eigenvalue weighted by Crippen LogP contribution is -2.13. The Morgan fingerprint density at radius 1 is 1.58 bits per heavy atom. The Morgan fingerprint density at radius 3 is 3.00 bits per heavy atom. The number of H-pyrrole nitrogens is 1. The summed E-state index contributed by atoms with van der Waals surface area (Å²) in [4.78, 5) is 17.2. The molecule has 1 N–H and O–H groups in total. The van der Waals surface area contributed by atoms with Crippen LogP contribution in [0.3, 0.4) is 0 Å². The fourth-order valence-electron chi connectivity index (χ4n) is 1.11. The molecule has 1 aromatic rings.